The molecule has 2 aromatic rings. The molecule has 0 bridgehead atoms. The molecule has 8 nitrogen and oxygen atoms in total. The smallest absolute Gasteiger partial charge is 0.261 e. The first-order valence-corrected chi connectivity index (χ1v) is 12.1. The van der Waals surface area contributed by atoms with Crippen molar-refractivity contribution in [1.29, 1.82) is 0 Å². The third-order valence-electron chi connectivity index (χ3n) is 5.21. The summed E-state index contributed by atoms with van der Waals surface area (Å²) >= 11 is 5.90. The Labute approximate surface area is 192 Å². The number of halogens is 1. The predicted molar refractivity (Wildman–Crippen MR) is 123 cm³/mol. The van der Waals surface area contributed by atoms with Gasteiger partial charge in [0, 0.05) is 24.0 Å². The molecule has 1 aliphatic rings. The van der Waals surface area contributed by atoms with Gasteiger partial charge in [0.1, 0.15) is 5.75 Å². The van der Waals surface area contributed by atoms with Gasteiger partial charge in [-0.05, 0) is 49.2 Å². The Morgan fingerprint density at radius 2 is 1.94 bits per heavy atom. The maximum absolute atomic E-state index is 12.8. The van der Waals surface area contributed by atoms with Crippen molar-refractivity contribution in [2.24, 2.45) is 11.8 Å². The van der Waals surface area contributed by atoms with Crippen LogP contribution in [0.15, 0.2) is 47.4 Å². The van der Waals surface area contributed by atoms with E-state index in [1.54, 1.807) is 23.1 Å². The summed E-state index contributed by atoms with van der Waals surface area (Å²) in [6.45, 7) is 4.52. The second-order valence-electron chi connectivity index (χ2n) is 8.06. The Morgan fingerprint density at radius 3 is 2.62 bits per heavy atom. The van der Waals surface area contributed by atoms with Gasteiger partial charge < -0.3 is 15.3 Å². The summed E-state index contributed by atoms with van der Waals surface area (Å²) in [5.41, 5.74) is 0.268. The van der Waals surface area contributed by atoms with Gasteiger partial charge in [0.15, 0.2) is 0 Å². The van der Waals surface area contributed by atoms with Gasteiger partial charge in [0.05, 0.1) is 22.2 Å². The first kappa shape index (κ1) is 23.9. The van der Waals surface area contributed by atoms with Crippen molar-refractivity contribution >= 4 is 44.8 Å². The zero-order chi connectivity index (χ0) is 23.5. The quantitative estimate of drug-likeness (QED) is 0.546. The number of benzene rings is 2. The molecule has 1 fully saturated rings. The van der Waals surface area contributed by atoms with E-state index in [9.17, 15) is 23.1 Å². The van der Waals surface area contributed by atoms with Crippen LogP contribution < -0.4 is 10.0 Å². The van der Waals surface area contributed by atoms with Gasteiger partial charge in [0.25, 0.3) is 10.0 Å². The third-order valence-corrected chi connectivity index (χ3v) is 6.82. The Morgan fingerprint density at radius 1 is 1.19 bits per heavy atom. The number of nitrogens with one attached hydrogen (secondary N) is 2. The molecule has 0 radical (unpaired) electrons. The van der Waals surface area contributed by atoms with E-state index in [1.807, 2.05) is 13.8 Å². The standard InChI is InChI=1S/C22H26ClN3O5S/c1-14(2)22(29)26-10-4-5-15(13-26)21(28)24-19-12-18(8-9-20(19)27)32(30,31)25-17-7-3-6-16(23)11-17/h3,6-9,11-12,14-15,25,27H,4-5,10,13H2,1-2H3,(H,24,28). The van der Waals surface area contributed by atoms with Gasteiger partial charge >= 0.3 is 0 Å². The van der Waals surface area contributed by atoms with E-state index >= 15 is 0 Å². The van der Waals surface area contributed by atoms with Crippen LogP contribution in [0.4, 0.5) is 11.4 Å². The number of anilines is 2. The monoisotopic (exact) mass is 479 g/mol. The van der Waals surface area contributed by atoms with Crippen LogP contribution in [0.25, 0.3) is 0 Å². The molecule has 1 saturated heterocycles. The van der Waals surface area contributed by atoms with Crippen molar-refractivity contribution in [2.45, 2.75) is 31.6 Å². The van der Waals surface area contributed by atoms with Crippen molar-refractivity contribution in [3.8, 4) is 5.75 Å². The highest BCUT2D eigenvalue weighted by Crippen LogP contribution is 2.29. The van der Waals surface area contributed by atoms with Crippen molar-refractivity contribution < 1.29 is 23.1 Å². The van der Waals surface area contributed by atoms with Crippen LogP contribution in [0.2, 0.25) is 5.02 Å². The second kappa shape index (κ2) is 9.79. The number of hydrogen-bond acceptors (Lipinski definition) is 5. The number of phenols is 1. The predicted octanol–water partition coefficient (Wildman–Crippen LogP) is 3.68. The molecular formula is C22H26ClN3O5S. The Bertz CT molecular complexity index is 1120. The first-order chi connectivity index (χ1) is 15.1. The number of phenolic OH excluding ortho intramolecular Hbond substituents is 1. The van der Waals surface area contributed by atoms with Crippen molar-refractivity contribution in [1.82, 2.24) is 4.90 Å². The molecule has 2 aromatic carbocycles. The van der Waals surface area contributed by atoms with E-state index in [0.717, 1.165) is 0 Å². The van der Waals surface area contributed by atoms with E-state index < -0.39 is 15.9 Å². The van der Waals surface area contributed by atoms with Crippen molar-refractivity contribution in [2.75, 3.05) is 23.1 Å². The zero-order valence-electron chi connectivity index (χ0n) is 17.8. The normalized spacial score (nSPS) is 16.6. The third kappa shape index (κ3) is 5.72. The summed E-state index contributed by atoms with van der Waals surface area (Å²) in [5.74, 6) is -1.25. The minimum atomic E-state index is -3.98. The molecule has 1 aliphatic heterocycles. The highest BCUT2D eigenvalue weighted by molar-refractivity contribution is 7.92. The van der Waals surface area contributed by atoms with Gasteiger partial charge in [-0.2, -0.15) is 0 Å². The number of carbonyl (C=O) groups is 2. The molecule has 32 heavy (non-hydrogen) atoms. The fraction of sp³-hybridized carbons (Fsp3) is 0.364. The molecule has 1 atom stereocenters. The molecule has 3 rings (SSSR count). The van der Waals surface area contributed by atoms with Crippen LogP contribution in [0.1, 0.15) is 26.7 Å². The number of aromatic hydroxyl groups is 1. The minimum Gasteiger partial charge on any atom is -0.506 e. The van der Waals surface area contributed by atoms with Crippen molar-refractivity contribution in [3.05, 3.63) is 47.5 Å². The lowest BCUT2D eigenvalue weighted by atomic mass is 9.96. The fourth-order valence-electron chi connectivity index (χ4n) is 3.54. The van der Waals surface area contributed by atoms with Crippen LogP contribution in [0.5, 0.6) is 5.75 Å². The number of nitrogens with zero attached hydrogens (tertiary/aromatic N) is 1. The highest BCUT2D eigenvalue weighted by Gasteiger charge is 2.30. The Kier molecular flexibility index (Phi) is 7.30. The van der Waals surface area contributed by atoms with E-state index in [0.29, 0.717) is 24.4 Å². The lowest BCUT2D eigenvalue weighted by Crippen LogP contribution is -2.45. The van der Waals surface area contributed by atoms with Gasteiger partial charge in [-0.25, -0.2) is 8.42 Å². The number of hydrogen-bond donors (Lipinski definition) is 3. The largest absolute Gasteiger partial charge is 0.506 e. The van der Waals surface area contributed by atoms with Gasteiger partial charge in [-0.1, -0.05) is 31.5 Å². The Balaban J connectivity index is 1.75. The number of rotatable bonds is 6. The average Bonchev–Trinajstić information content (AvgIpc) is 2.74. The average molecular weight is 480 g/mol. The van der Waals surface area contributed by atoms with Crippen LogP contribution in [-0.4, -0.2) is 43.3 Å². The molecule has 0 saturated carbocycles. The van der Waals surface area contributed by atoms with Crippen LogP contribution in [0, 0.1) is 11.8 Å². The number of carbonyl (C=O) groups excluding carboxylic acids is 2. The van der Waals surface area contributed by atoms with Gasteiger partial charge in [-0.3, -0.25) is 14.3 Å². The van der Waals surface area contributed by atoms with E-state index in [1.165, 1.54) is 24.3 Å². The summed E-state index contributed by atoms with van der Waals surface area (Å²) in [7, 11) is -3.98. The topological polar surface area (TPSA) is 116 Å². The summed E-state index contributed by atoms with van der Waals surface area (Å²) in [6.07, 6.45) is 1.29. The molecule has 10 heteroatoms. The van der Waals surface area contributed by atoms with E-state index in [4.69, 9.17) is 11.6 Å². The molecule has 0 aromatic heterocycles. The van der Waals surface area contributed by atoms with Crippen LogP contribution in [0.3, 0.4) is 0 Å². The lowest BCUT2D eigenvalue weighted by Gasteiger charge is -2.33. The fourth-order valence-corrected chi connectivity index (χ4v) is 4.81. The van der Waals surface area contributed by atoms with Crippen molar-refractivity contribution in [3.63, 3.8) is 0 Å². The summed E-state index contributed by atoms with van der Waals surface area (Å²) in [4.78, 5) is 26.6. The second-order valence-corrected chi connectivity index (χ2v) is 10.2. The zero-order valence-corrected chi connectivity index (χ0v) is 19.4. The first-order valence-electron chi connectivity index (χ1n) is 10.3. The van der Waals surface area contributed by atoms with Crippen LogP contribution >= 0.6 is 11.6 Å². The number of sulfonamides is 1. The molecule has 1 unspecified atom stereocenters. The van der Waals surface area contributed by atoms with Gasteiger partial charge in [-0.15, -0.1) is 0 Å². The molecule has 0 aliphatic carbocycles. The molecule has 0 spiro atoms. The summed E-state index contributed by atoms with van der Waals surface area (Å²) < 4.78 is 27.9. The molecule has 1 heterocycles. The molecule has 3 N–H and O–H groups in total. The molecule has 2 amide bonds. The lowest BCUT2D eigenvalue weighted by molar-refractivity contribution is -0.137. The maximum Gasteiger partial charge on any atom is 0.261 e. The van der Waals surface area contributed by atoms with Gasteiger partial charge in [0.2, 0.25) is 11.8 Å². The number of amides is 2. The van der Waals surface area contributed by atoms with E-state index in [-0.39, 0.29) is 46.3 Å². The minimum absolute atomic E-state index is 0.00877. The molecular weight excluding hydrogens is 454 g/mol. The number of piperidine rings is 1. The number of likely N-dealkylation sites (tertiary alicyclic amines) is 1. The van der Waals surface area contributed by atoms with Crippen LogP contribution in [-0.2, 0) is 19.6 Å². The van der Waals surface area contributed by atoms with E-state index in [2.05, 4.69) is 10.0 Å². The molecule has 172 valence electrons. The Hall–Kier alpha value is -2.78. The highest BCUT2D eigenvalue weighted by atomic mass is 35.5. The summed E-state index contributed by atoms with van der Waals surface area (Å²) in [5, 5.41) is 13.2. The maximum atomic E-state index is 12.8. The summed E-state index contributed by atoms with van der Waals surface area (Å²) in [6, 6.07) is 9.89. The SMILES string of the molecule is CC(C)C(=O)N1CCCC(C(=O)Nc2cc(S(=O)(=O)Nc3cccc(Cl)c3)ccc2O)C1.